The summed E-state index contributed by atoms with van der Waals surface area (Å²) in [6.07, 6.45) is -0.267. The Morgan fingerprint density at radius 3 is 2.42 bits per heavy atom. The fourth-order valence-corrected chi connectivity index (χ4v) is 8.43. The summed E-state index contributed by atoms with van der Waals surface area (Å²) < 4.78 is 28.2. The van der Waals surface area contributed by atoms with Crippen molar-refractivity contribution in [3.63, 3.8) is 0 Å². The Labute approximate surface area is 339 Å². The Morgan fingerprint density at radius 2 is 1.76 bits per heavy atom. The van der Waals surface area contributed by atoms with E-state index in [0.717, 1.165) is 22.1 Å². The van der Waals surface area contributed by atoms with Crippen LogP contribution in [0.4, 0.5) is 14.9 Å². The van der Waals surface area contributed by atoms with E-state index >= 15 is 4.39 Å². The zero-order valence-electron chi connectivity index (χ0n) is 33.8. The quantitative estimate of drug-likeness (QED) is 0.118. The first-order valence-electron chi connectivity index (χ1n) is 19.8. The predicted octanol–water partition coefficient (Wildman–Crippen LogP) is 4.44. The number of ether oxygens (including phenoxy) is 2. The number of hydrogen-bond acceptors (Lipinski definition) is 10. The summed E-state index contributed by atoms with van der Waals surface area (Å²) in [4.78, 5) is 82.4. The number of pyridine rings is 2. The number of amides is 4. The average molecular weight is 810 g/mol. The Hall–Kier alpha value is -6.16. The van der Waals surface area contributed by atoms with Crippen molar-refractivity contribution in [1.29, 1.82) is 0 Å². The van der Waals surface area contributed by atoms with Crippen LogP contribution >= 0.6 is 0 Å². The third kappa shape index (κ3) is 7.64. The lowest BCUT2D eigenvalue weighted by molar-refractivity contribution is -0.148. The van der Waals surface area contributed by atoms with Gasteiger partial charge in [0.25, 0.3) is 5.56 Å². The number of alkyl carbamates (subject to hydrolysis) is 1. The molecule has 3 aliphatic rings. The molecule has 4 aromatic rings. The van der Waals surface area contributed by atoms with Gasteiger partial charge in [-0.15, -0.1) is 0 Å². The molecule has 0 fully saturated rings. The maximum absolute atomic E-state index is 15.3. The van der Waals surface area contributed by atoms with Crippen LogP contribution in [0.3, 0.4) is 0 Å². The molecular formula is C43H48FN7O8. The van der Waals surface area contributed by atoms with Gasteiger partial charge in [-0.05, 0) is 85.0 Å². The monoisotopic (exact) mass is 809 g/mol. The Bertz CT molecular complexity index is 2470. The number of cyclic esters (lactones) is 1. The molecule has 0 radical (unpaired) electrons. The molecule has 3 unspecified atom stereocenters. The van der Waals surface area contributed by atoms with Gasteiger partial charge < -0.3 is 41.0 Å². The van der Waals surface area contributed by atoms with Crippen molar-refractivity contribution >= 4 is 46.4 Å². The second-order valence-electron chi connectivity index (χ2n) is 15.8. The molecule has 0 saturated carbocycles. The van der Waals surface area contributed by atoms with Gasteiger partial charge in [-0.3, -0.25) is 24.0 Å². The molecule has 2 aromatic carbocycles. The van der Waals surface area contributed by atoms with E-state index in [1.54, 1.807) is 49.6 Å². The Morgan fingerprint density at radius 1 is 1.03 bits per heavy atom. The minimum atomic E-state index is -0.910. The molecule has 2 aromatic heterocycles. The summed E-state index contributed by atoms with van der Waals surface area (Å²) in [5, 5.41) is 11.7. The van der Waals surface area contributed by atoms with Crippen LogP contribution in [0.2, 0.25) is 0 Å². The van der Waals surface area contributed by atoms with Gasteiger partial charge in [-0.25, -0.2) is 14.2 Å². The first kappa shape index (κ1) is 41.0. The molecule has 7 rings (SSSR count). The summed E-state index contributed by atoms with van der Waals surface area (Å²) in [6.45, 7) is 9.99. The predicted molar refractivity (Wildman–Crippen MR) is 216 cm³/mol. The van der Waals surface area contributed by atoms with Gasteiger partial charge in [-0.2, -0.15) is 0 Å². The largest absolute Gasteiger partial charge is 0.460 e. The Kier molecular flexibility index (Phi) is 11.3. The zero-order chi connectivity index (χ0) is 42.4. The van der Waals surface area contributed by atoms with Crippen LogP contribution in [-0.2, 0) is 48.2 Å². The van der Waals surface area contributed by atoms with Crippen molar-refractivity contribution in [3.05, 3.63) is 91.5 Å². The summed E-state index contributed by atoms with van der Waals surface area (Å²) in [5.41, 5.74) is 12.0. The summed E-state index contributed by atoms with van der Waals surface area (Å²) >= 11 is 0. The van der Waals surface area contributed by atoms with E-state index in [-0.39, 0.29) is 43.1 Å². The van der Waals surface area contributed by atoms with Gasteiger partial charge in [0.15, 0.2) is 0 Å². The van der Waals surface area contributed by atoms with Gasteiger partial charge in [-0.1, -0.05) is 32.9 Å². The number of rotatable bonds is 11. The van der Waals surface area contributed by atoms with Crippen molar-refractivity contribution in [2.24, 2.45) is 11.7 Å². The average Bonchev–Trinajstić information content (AvgIpc) is 3.56. The molecule has 0 bridgehead atoms. The number of nitrogens with two attached hydrogens (primary N) is 1. The number of aromatic nitrogens is 2. The molecule has 5 atom stereocenters. The van der Waals surface area contributed by atoms with Crippen LogP contribution in [0.25, 0.3) is 22.3 Å². The third-order valence-electron chi connectivity index (χ3n) is 11.6. The summed E-state index contributed by atoms with van der Waals surface area (Å²) in [5.74, 6) is -2.89. The van der Waals surface area contributed by atoms with Crippen LogP contribution in [-0.4, -0.2) is 58.0 Å². The van der Waals surface area contributed by atoms with E-state index < -0.39 is 53.9 Å². The van der Waals surface area contributed by atoms with Crippen molar-refractivity contribution in [3.8, 4) is 11.4 Å². The van der Waals surface area contributed by atoms with Gasteiger partial charge >= 0.3 is 12.1 Å². The number of esters is 1. The van der Waals surface area contributed by atoms with E-state index in [1.165, 1.54) is 19.9 Å². The first-order valence-corrected chi connectivity index (χ1v) is 19.8. The van der Waals surface area contributed by atoms with Gasteiger partial charge in [0.05, 0.1) is 41.0 Å². The van der Waals surface area contributed by atoms with E-state index in [4.69, 9.17) is 20.2 Å². The maximum atomic E-state index is 15.3. The number of benzene rings is 2. The summed E-state index contributed by atoms with van der Waals surface area (Å²) in [7, 11) is 0. The zero-order valence-corrected chi connectivity index (χ0v) is 33.8. The van der Waals surface area contributed by atoms with E-state index in [2.05, 4.69) is 21.3 Å². The highest BCUT2D eigenvalue weighted by molar-refractivity contribution is 5.98. The molecule has 15 nitrogen and oxygen atoms in total. The van der Waals surface area contributed by atoms with E-state index in [0.29, 0.717) is 64.1 Å². The summed E-state index contributed by atoms with van der Waals surface area (Å²) in [6, 6.07) is 7.50. The highest BCUT2D eigenvalue weighted by Gasteiger charge is 2.38. The normalized spacial score (nSPS) is 17.8. The second-order valence-corrected chi connectivity index (χ2v) is 15.8. The molecule has 2 aliphatic heterocycles. The number of halogens is 1. The number of nitrogens with zero attached hydrogens (tertiary/aromatic N) is 2. The fraction of sp³-hybridized carbons (Fsp3) is 0.419. The van der Waals surface area contributed by atoms with Crippen molar-refractivity contribution in [2.75, 3.05) is 11.9 Å². The minimum absolute atomic E-state index is 0.0533. The molecule has 0 spiro atoms. The van der Waals surface area contributed by atoms with Crippen molar-refractivity contribution in [2.45, 2.75) is 104 Å². The fourth-order valence-electron chi connectivity index (χ4n) is 8.43. The lowest BCUT2D eigenvalue weighted by Crippen LogP contribution is -2.53. The second kappa shape index (κ2) is 16.2. The van der Waals surface area contributed by atoms with Crippen LogP contribution < -0.4 is 32.6 Å². The lowest BCUT2D eigenvalue weighted by atomic mass is 9.81. The van der Waals surface area contributed by atoms with Gasteiger partial charge in [0, 0.05) is 36.2 Å². The smallest absolute Gasteiger partial charge is 0.408 e. The molecule has 0 saturated heterocycles. The number of nitrogens with one attached hydrogen (secondary N) is 4. The van der Waals surface area contributed by atoms with Gasteiger partial charge in [0.2, 0.25) is 17.7 Å². The molecule has 16 heteroatoms. The molecule has 6 N–H and O–H groups in total. The number of anilines is 1. The first-order chi connectivity index (χ1) is 28.1. The van der Waals surface area contributed by atoms with Crippen molar-refractivity contribution < 1.29 is 37.8 Å². The lowest BCUT2D eigenvalue weighted by Gasteiger charge is -2.30. The molecule has 59 heavy (non-hydrogen) atoms. The third-order valence-corrected chi connectivity index (χ3v) is 11.6. The number of fused-ring (bicyclic) bond motifs is 5. The van der Waals surface area contributed by atoms with E-state index in [1.807, 2.05) is 13.0 Å². The van der Waals surface area contributed by atoms with Crippen LogP contribution in [0.5, 0.6) is 0 Å². The Balaban J connectivity index is 1.10. The van der Waals surface area contributed by atoms with Crippen LogP contribution in [0.15, 0.2) is 41.2 Å². The highest BCUT2D eigenvalue weighted by Crippen LogP contribution is 2.45. The SMILES string of the molecule is CCC1C(=O)OCc2c1cc1n(c2=O)Cc2c-1nc1cc(F)c(C)c3c1c2C(NC(=O)O[C@@H](CN)c1ccc(NC(=O)C(C)NC(=O)[C@@H](NC(C)=O)C(C)C)cc1)CC3. The molecular weight excluding hydrogens is 762 g/mol. The van der Waals surface area contributed by atoms with Crippen molar-refractivity contribution in [1.82, 2.24) is 25.5 Å². The van der Waals surface area contributed by atoms with E-state index in [9.17, 15) is 28.8 Å². The molecule has 1 aliphatic carbocycles. The van der Waals surface area contributed by atoms with Crippen LogP contribution in [0.1, 0.15) is 104 Å². The highest BCUT2D eigenvalue weighted by atomic mass is 19.1. The van der Waals surface area contributed by atoms with Gasteiger partial charge in [0.1, 0.15) is 30.6 Å². The minimum Gasteiger partial charge on any atom is -0.460 e. The number of carbonyl (C=O) groups excluding carboxylic acids is 5. The topological polar surface area (TPSA) is 213 Å². The van der Waals surface area contributed by atoms with Crippen LogP contribution in [0, 0.1) is 18.7 Å². The number of hydrogen-bond donors (Lipinski definition) is 5. The molecule has 4 heterocycles. The molecule has 4 amide bonds. The number of aryl methyl sites for hydroxylation is 1. The maximum Gasteiger partial charge on any atom is 0.408 e. The standard InChI is InChI=1S/C43H48FN7O8/c1-7-25-27-14-33-38-28(17-51(33)41(55)29(27)18-58-42(25)56)36-31(13-12-26-20(4)30(44)15-32(49-38)35(26)36)50-43(57)59-34(16-45)23-8-10-24(11-9-23)48-39(53)21(5)46-40(54)37(19(2)3)47-22(6)52/h8-11,14-15,19,21,25,31,34,37H,7,12-13,16-18,45H2,1-6H3,(H,46,54)(H,47,52)(H,48,53)(H,50,57)/t21?,25?,31?,34-,37-/m0/s1. The number of carbonyl (C=O) groups is 5. The molecule has 310 valence electrons.